The summed E-state index contributed by atoms with van der Waals surface area (Å²) < 4.78 is 56.3. The lowest BCUT2D eigenvalue weighted by Crippen LogP contribution is -2.22. The molecular formula is C37H41F2N15O4. The molecule has 0 bridgehead atoms. The molecule has 0 radical (unpaired) electrons. The summed E-state index contributed by atoms with van der Waals surface area (Å²) in [6.45, 7) is 2.89. The number of rotatable bonds is 12. The minimum Gasteiger partial charge on any atom is -0.415 e. The molecule has 10 heterocycles. The van der Waals surface area contributed by atoms with Gasteiger partial charge in [0.05, 0.1) is 37.2 Å². The number of fused-ring (bicyclic) bond motifs is 3. The van der Waals surface area contributed by atoms with Crippen LogP contribution in [-0.4, -0.2) is 115 Å². The predicted octanol–water partition coefficient (Wildman–Crippen LogP) is 4.64. The van der Waals surface area contributed by atoms with E-state index in [1.807, 2.05) is 14.0 Å². The average molecular weight is 798 g/mol. The van der Waals surface area contributed by atoms with E-state index in [0.717, 1.165) is 38.5 Å². The Hall–Kier alpha value is -5.80. The minimum atomic E-state index is -3.15. The van der Waals surface area contributed by atoms with Crippen LogP contribution >= 0.6 is 0 Å². The molecule has 7 aromatic heterocycles. The van der Waals surface area contributed by atoms with E-state index in [4.69, 9.17) is 43.9 Å². The van der Waals surface area contributed by atoms with Crippen molar-refractivity contribution in [3.05, 3.63) is 43.2 Å². The van der Waals surface area contributed by atoms with Crippen molar-refractivity contribution < 1.29 is 27.7 Å². The topological polar surface area (TPSA) is 189 Å². The van der Waals surface area contributed by atoms with Crippen LogP contribution in [0, 0.1) is 17.8 Å². The van der Waals surface area contributed by atoms with Gasteiger partial charge in [0, 0.05) is 65.3 Å². The number of aromatic nitrogens is 14. The molecule has 10 rings (SSSR count). The molecule has 3 aliphatic rings. The zero-order valence-electron chi connectivity index (χ0n) is 31.6. The second kappa shape index (κ2) is 15.9. The summed E-state index contributed by atoms with van der Waals surface area (Å²) in [4.78, 5) is 31.0. The number of alkyl halides is 2. The third kappa shape index (κ3) is 7.39. The molecular weight excluding hydrogens is 757 g/mol. The number of ether oxygens (including phenoxy) is 4. The van der Waals surface area contributed by atoms with E-state index in [1.54, 1.807) is 35.9 Å². The van der Waals surface area contributed by atoms with Crippen molar-refractivity contribution in [1.29, 1.82) is 0 Å². The van der Waals surface area contributed by atoms with Crippen molar-refractivity contribution in [3.8, 4) is 11.7 Å². The van der Waals surface area contributed by atoms with Crippen LogP contribution in [0.2, 0.25) is 0 Å². The molecule has 0 spiro atoms. The molecule has 3 saturated heterocycles. The smallest absolute Gasteiger partial charge is 0.388 e. The summed E-state index contributed by atoms with van der Waals surface area (Å²) in [5.41, 5.74) is 3.37. The molecule has 0 aromatic carbocycles. The van der Waals surface area contributed by atoms with Crippen LogP contribution in [0.4, 0.5) is 26.2 Å². The molecule has 302 valence electrons. The number of hydrogen-bond acceptors (Lipinski definition) is 15. The van der Waals surface area contributed by atoms with Gasteiger partial charge in [0.15, 0.2) is 34.4 Å². The minimum absolute atomic E-state index is 0.216. The van der Waals surface area contributed by atoms with Gasteiger partial charge in [-0.3, -0.25) is 4.90 Å². The molecule has 58 heavy (non-hydrogen) atoms. The van der Waals surface area contributed by atoms with Gasteiger partial charge in [0.25, 0.3) is 0 Å². The molecule has 21 heteroatoms. The maximum atomic E-state index is 13.9. The summed E-state index contributed by atoms with van der Waals surface area (Å²) in [6.07, 6.45) is 15.1. The lowest BCUT2D eigenvalue weighted by molar-refractivity contribution is -0.0530. The second-order valence-electron chi connectivity index (χ2n) is 14.9. The van der Waals surface area contributed by atoms with Crippen molar-refractivity contribution >= 4 is 50.9 Å². The third-order valence-corrected chi connectivity index (χ3v) is 11.1. The Balaban J connectivity index is 1.11. The fourth-order valence-electron chi connectivity index (χ4n) is 7.94. The van der Waals surface area contributed by atoms with Crippen LogP contribution < -0.4 is 9.64 Å². The molecule has 19 nitrogen and oxygen atoms in total. The summed E-state index contributed by atoms with van der Waals surface area (Å²) >= 11 is 0. The van der Waals surface area contributed by atoms with Gasteiger partial charge in [-0.25, -0.2) is 43.9 Å². The molecule has 3 fully saturated rings. The summed E-state index contributed by atoms with van der Waals surface area (Å²) in [5, 5.41) is 18.4. The Labute approximate surface area is 329 Å². The van der Waals surface area contributed by atoms with Crippen LogP contribution in [0.15, 0.2) is 43.2 Å². The van der Waals surface area contributed by atoms with E-state index < -0.39 is 6.61 Å². The normalized spacial score (nSPS) is 17.6. The molecule has 3 aliphatic heterocycles. The largest absolute Gasteiger partial charge is 0.415 e. The molecule has 0 amide bonds. The van der Waals surface area contributed by atoms with Gasteiger partial charge < -0.3 is 18.9 Å². The highest BCUT2D eigenvalue weighted by Gasteiger charge is 2.28. The zero-order valence-corrected chi connectivity index (χ0v) is 31.6. The number of hydrogen-bond donors (Lipinski definition) is 0. The average Bonchev–Trinajstić information content (AvgIpc) is 4.05. The monoisotopic (exact) mass is 797 g/mol. The Kier molecular flexibility index (Phi) is 9.99. The standard InChI is InChI=1S/C37H41F2N15O4/c38-37(39)58-32-13-33(54(49-32)31-19-42-28-16-45-52(36(28)48-31)22-25-5-11-57-12-6-25)53(29-17-40-26-14-43-50(34(26)46-29)20-23-1-7-55-8-2-23)30-18-41-27-15-44-51(35(27)47-30)21-24-3-9-56-10-4-24/h13-19,23-25,37H,1-12,20-22H2. The van der Waals surface area contributed by atoms with Crippen LogP contribution in [0.25, 0.3) is 39.3 Å². The van der Waals surface area contributed by atoms with Crippen molar-refractivity contribution in [3.63, 3.8) is 0 Å². The van der Waals surface area contributed by atoms with Gasteiger partial charge in [-0.15, -0.1) is 5.10 Å². The highest BCUT2D eigenvalue weighted by atomic mass is 19.3. The van der Waals surface area contributed by atoms with E-state index in [-0.39, 0.29) is 17.5 Å². The van der Waals surface area contributed by atoms with Crippen molar-refractivity contribution in [2.45, 2.75) is 64.8 Å². The van der Waals surface area contributed by atoms with Gasteiger partial charge in [0.1, 0.15) is 22.4 Å². The maximum Gasteiger partial charge on any atom is 0.388 e. The van der Waals surface area contributed by atoms with Gasteiger partial charge >= 0.3 is 6.61 Å². The highest BCUT2D eigenvalue weighted by Crippen LogP contribution is 2.37. The van der Waals surface area contributed by atoms with Gasteiger partial charge in [-0.05, 0) is 56.3 Å². The first kappa shape index (κ1) is 36.5. The van der Waals surface area contributed by atoms with Crippen molar-refractivity contribution in [2.75, 3.05) is 44.5 Å². The SMILES string of the molecule is FC(F)Oc1cc(N(c2cnc3cnn(CC4CCOCC4)c3n2)c2cnc3cnn(CC4CCOCC4)c3n2)n(-c2cnc3cnn(CC4CCOCC4)c3n2)n1. The third-order valence-electron chi connectivity index (χ3n) is 11.1. The van der Waals surface area contributed by atoms with Gasteiger partial charge in [-0.2, -0.15) is 28.8 Å². The Bertz CT molecular complexity index is 2420. The quantitative estimate of drug-likeness (QED) is 0.166. The fourth-order valence-corrected chi connectivity index (χ4v) is 7.94. The van der Waals surface area contributed by atoms with Crippen LogP contribution in [-0.2, 0) is 33.8 Å². The van der Waals surface area contributed by atoms with Crippen LogP contribution in [0.3, 0.4) is 0 Å². The van der Waals surface area contributed by atoms with Crippen LogP contribution in [0.5, 0.6) is 5.88 Å². The number of nitrogens with zero attached hydrogens (tertiary/aromatic N) is 15. The second-order valence-corrected chi connectivity index (χ2v) is 14.9. The summed E-state index contributed by atoms with van der Waals surface area (Å²) in [7, 11) is 0. The predicted molar refractivity (Wildman–Crippen MR) is 202 cm³/mol. The van der Waals surface area contributed by atoms with Crippen LogP contribution in [0.1, 0.15) is 38.5 Å². The van der Waals surface area contributed by atoms with E-state index in [9.17, 15) is 8.78 Å². The molecule has 0 unspecified atom stereocenters. The molecule has 0 N–H and O–H groups in total. The maximum absolute atomic E-state index is 13.9. The fraction of sp³-hybridized carbons (Fsp3) is 0.514. The molecule has 0 saturated carbocycles. The molecule has 0 aliphatic carbocycles. The molecule has 7 aromatic rings. The summed E-state index contributed by atoms with van der Waals surface area (Å²) in [5.74, 6) is 1.74. The first-order chi connectivity index (χ1) is 28.5. The van der Waals surface area contributed by atoms with Gasteiger partial charge in [0.2, 0.25) is 5.88 Å². The first-order valence-corrected chi connectivity index (χ1v) is 19.7. The Morgan fingerprint density at radius 1 is 0.603 bits per heavy atom. The first-order valence-electron chi connectivity index (χ1n) is 19.7. The van der Waals surface area contributed by atoms with E-state index in [0.29, 0.717) is 122 Å². The number of halogens is 2. The Morgan fingerprint density at radius 3 is 1.48 bits per heavy atom. The zero-order chi connectivity index (χ0) is 39.0. The Morgan fingerprint density at radius 2 is 1.03 bits per heavy atom. The summed E-state index contributed by atoms with van der Waals surface area (Å²) in [6, 6.07) is 1.38. The van der Waals surface area contributed by atoms with Crippen molar-refractivity contribution in [2.24, 2.45) is 17.8 Å². The lowest BCUT2D eigenvalue weighted by Gasteiger charge is -2.24. The highest BCUT2D eigenvalue weighted by molar-refractivity contribution is 5.79. The van der Waals surface area contributed by atoms with E-state index in [2.05, 4.69) is 25.4 Å². The van der Waals surface area contributed by atoms with E-state index in [1.165, 1.54) is 16.9 Å². The molecule has 0 atom stereocenters. The lowest BCUT2D eigenvalue weighted by atomic mass is 10.0. The van der Waals surface area contributed by atoms with Crippen molar-refractivity contribution in [1.82, 2.24) is 69.0 Å². The van der Waals surface area contributed by atoms with Gasteiger partial charge in [-0.1, -0.05) is 0 Å². The van der Waals surface area contributed by atoms with E-state index >= 15 is 0 Å². The number of anilines is 3.